The van der Waals surface area contributed by atoms with Crippen LogP contribution in [0.2, 0.25) is 0 Å². The molecule has 0 fully saturated rings. The van der Waals surface area contributed by atoms with Crippen molar-refractivity contribution in [2.45, 2.75) is 6.42 Å². The highest BCUT2D eigenvalue weighted by molar-refractivity contribution is 5.61. The molecule has 0 aliphatic carbocycles. The molecule has 20 heavy (non-hydrogen) atoms. The number of benzene rings is 1. The lowest BCUT2D eigenvalue weighted by atomic mass is 10.1. The van der Waals surface area contributed by atoms with Gasteiger partial charge in [-0.2, -0.15) is 4.98 Å². The molecular weight excluding hydrogens is 261 g/mol. The second-order valence-corrected chi connectivity index (χ2v) is 4.07. The van der Waals surface area contributed by atoms with E-state index in [2.05, 4.69) is 20.1 Å². The Bertz CT molecular complexity index is 743. The smallest absolute Gasteiger partial charge is 0.280 e. The van der Waals surface area contributed by atoms with Crippen molar-refractivity contribution in [2.24, 2.45) is 0 Å². The minimum absolute atomic E-state index is 0.168. The average Bonchev–Trinajstić information content (AvgIpc) is 2.90. The maximum Gasteiger partial charge on any atom is 0.280 e. The Balaban J connectivity index is 1.88. The van der Waals surface area contributed by atoms with E-state index in [1.54, 1.807) is 18.2 Å². The predicted molar refractivity (Wildman–Crippen MR) is 68.9 cm³/mol. The van der Waals surface area contributed by atoms with Crippen LogP contribution in [0.1, 0.15) is 11.4 Å². The SMILES string of the molecule is Nc1nccnc1-c1nc(Cc2ccccc2F)no1. The van der Waals surface area contributed by atoms with Crippen LogP contribution < -0.4 is 5.73 Å². The van der Waals surface area contributed by atoms with Crippen LogP contribution in [0.4, 0.5) is 10.2 Å². The maximum absolute atomic E-state index is 13.5. The summed E-state index contributed by atoms with van der Waals surface area (Å²) in [5.41, 5.74) is 6.49. The van der Waals surface area contributed by atoms with E-state index in [-0.39, 0.29) is 23.9 Å². The Hall–Kier alpha value is -2.83. The number of nitrogens with two attached hydrogens (primary N) is 1. The number of nitrogen functional groups attached to an aromatic ring is 1. The third kappa shape index (κ3) is 2.33. The monoisotopic (exact) mass is 271 g/mol. The van der Waals surface area contributed by atoms with Crippen LogP contribution in [-0.2, 0) is 6.42 Å². The van der Waals surface area contributed by atoms with Crippen LogP contribution in [0.15, 0.2) is 41.2 Å². The minimum Gasteiger partial charge on any atom is -0.382 e. The Kier molecular flexibility index (Phi) is 3.08. The van der Waals surface area contributed by atoms with Crippen LogP contribution in [0.25, 0.3) is 11.6 Å². The van der Waals surface area contributed by atoms with Gasteiger partial charge in [0, 0.05) is 18.8 Å². The number of halogens is 1. The summed E-state index contributed by atoms with van der Waals surface area (Å²) in [5.74, 6) is 0.420. The molecule has 0 saturated carbocycles. The summed E-state index contributed by atoms with van der Waals surface area (Å²) in [6.07, 6.45) is 3.18. The van der Waals surface area contributed by atoms with Crippen molar-refractivity contribution >= 4 is 5.82 Å². The van der Waals surface area contributed by atoms with Gasteiger partial charge in [0.05, 0.1) is 0 Å². The third-order valence-corrected chi connectivity index (χ3v) is 2.70. The summed E-state index contributed by atoms with van der Waals surface area (Å²) in [7, 11) is 0. The van der Waals surface area contributed by atoms with E-state index in [0.29, 0.717) is 17.1 Å². The molecule has 100 valence electrons. The zero-order chi connectivity index (χ0) is 13.9. The lowest BCUT2D eigenvalue weighted by molar-refractivity contribution is 0.422. The molecule has 0 saturated heterocycles. The lowest BCUT2D eigenvalue weighted by Crippen LogP contribution is -1.97. The van der Waals surface area contributed by atoms with E-state index < -0.39 is 0 Å². The van der Waals surface area contributed by atoms with Crippen molar-refractivity contribution in [1.82, 2.24) is 20.1 Å². The fourth-order valence-electron chi connectivity index (χ4n) is 1.75. The molecule has 0 bridgehead atoms. The van der Waals surface area contributed by atoms with Crippen molar-refractivity contribution in [3.05, 3.63) is 53.9 Å². The predicted octanol–water partition coefficient (Wildman–Crippen LogP) is 1.84. The Morgan fingerprint density at radius 2 is 1.95 bits per heavy atom. The van der Waals surface area contributed by atoms with Crippen molar-refractivity contribution in [3.8, 4) is 11.6 Å². The van der Waals surface area contributed by atoms with E-state index in [9.17, 15) is 4.39 Å². The molecule has 0 radical (unpaired) electrons. The molecule has 0 unspecified atom stereocenters. The summed E-state index contributed by atoms with van der Waals surface area (Å²) in [6, 6.07) is 6.43. The zero-order valence-electron chi connectivity index (χ0n) is 10.3. The molecule has 2 N–H and O–H groups in total. The van der Waals surface area contributed by atoms with Crippen molar-refractivity contribution < 1.29 is 8.91 Å². The first-order valence-corrected chi connectivity index (χ1v) is 5.87. The van der Waals surface area contributed by atoms with Gasteiger partial charge in [-0.05, 0) is 11.6 Å². The first kappa shape index (κ1) is 12.2. The third-order valence-electron chi connectivity index (χ3n) is 2.70. The van der Waals surface area contributed by atoms with Crippen LogP contribution in [0.3, 0.4) is 0 Å². The highest BCUT2D eigenvalue weighted by Crippen LogP contribution is 2.20. The Morgan fingerprint density at radius 3 is 2.75 bits per heavy atom. The Labute approximate surface area is 113 Å². The molecule has 3 aromatic rings. The highest BCUT2D eigenvalue weighted by Gasteiger charge is 2.14. The van der Waals surface area contributed by atoms with Crippen LogP contribution in [-0.4, -0.2) is 20.1 Å². The first-order chi connectivity index (χ1) is 9.74. The quantitative estimate of drug-likeness (QED) is 0.781. The number of aromatic nitrogens is 4. The van der Waals surface area contributed by atoms with Gasteiger partial charge in [0.15, 0.2) is 17.3 Å². The normalized spacial score (nSPS) is 10.7. The van der Waals surface area contributed by atoms with E-state index >= 15 is 0 Å². The molecule has 0 amide bonds. The van der Waals surface area contributed by atoms with Crippen LogP contribution in [0.5, 0.6) is 0 Å². The van der Waals surface area contributed by atoms with E-state index in [4.69, 9.17) is 10.3 Å². The van der Waals surface area contributed by atoms with Gasteiger partial charge in [-0.15, -0.1) is 0 Å². The molecule has 3 rings (SSSR count). The van der Waals surface area contributed by atoms with Crippen molar-refractivity contribution in [2.75, 3.05) is 5.73 Å². The molecule has 0 aliphatic rings. The minimum atomic E-state index is -0.308. The number of anilines is 1. The summed E-state index contributed by atoms with van der Waals surface area (Å²) in [5, 5.41) is 3.79. The largest absolute Gasteiger partial charge is 0.382 e. The molecule has 0 atom stereocenters. The topological polar surface area (TPSA) is 90.7 Å². The Morgan fingerprint density at radius 1 is 1.15 bits per heavy atom. The molecule has 2 heterocycles. The molecule has 7 heteroatoms. The first-order valence-electron chi connectivity index (χ1n) is 5.87. The average molecular weight is 271 g/mol. The van der Waals surface area contributed by atoms with Gasteiger partial charge in [-0.3, -0.25) is 0 Å². The highest BCUT2D eigenvalue weighted by atomic mass is 19.1. The fourth-order valence-corrected chi connectivity index (χ4v) is 1.75. The zero-order valence-corrected chi connectivity index (χ0v) is 10.3. The summed E-state index contributed by atoms with van der Waals surface area (Å²) < 4.78 is 18.6. The summed E-state index contributed by atoms with van der Waals surface area (Å²) in [6.45, 7) is 0. The number of rotatable bonds is 3. The van der Waals surface area contributed by atoms with Crippen LogP contribution >= 0.6 is 0 Å². The number of hydrogen-bond acceptors (Lipinski definition) is 6. The van der Waals surface area contributed by atoms with Crippen molar-refractivity contribution in [3.63, 3.8) is 0 Å². The molecule has 2 aromatic heterocycles. The van der Waals surface area contributed by atoms with Gasteiger partial charge in [-0.25, -0.2) is 14.4 Å². The second kappa shape index (κ2) is 5.04. The summed E-state index contributed by atoms with van der Waals surface area (Å²) in [4.78, 5) is 12.1. The number of hydrogen-bond donors (Lipinski definition) is 1. The van der Waals surface area contributed by atoms with Gasteiger partial charge in [0.2, 0.25) is 0 Å². The van der Waals surface area contributed by atoms with Crippen molar-refractivity contribution in [1.29, 1.82) is 0 Å². The van der Waals surface area contributed by atoms with Gasteiger partial charge < -0.3 is 10.3 Å². The van der Waals surface area contributed by atoms with Gasteiger partial charge in [-0.1, -0.05) is 23.4 Å². The lowest BCUT2D eigenvalue weighted by Gasteiger charge is -1.98. The number of nitrogens with zero attached hydrogens (tertiary/aromatic N) is 4. The molecular formula is C13H10FN5O. The van der Waals surface area contributed by atoms with E-state index in [1.807, 2.05) is 0 Å². The summed E-state index contributed by atoms with van der Waals surface area (Å²) >= 11 is 0. The van der Waals surface area contributed by atoms with Gasteiger partial charge in [0.1, 0.15) is 5.82 Å². The standard InChI is InChI=1S/C13H10FN5O/c14-9-4-2-1-3-8(9)7-10-18-13(20-19-10)11-12(15)17-6-5-16-11/h1-6H,7H2,(H2,15,17). The maximum atomic E-state index is 13.5. The molecule has 0 spiro atoms. The molecule has 6 nitrogen and oxygen atoms in total. The second-order valence-electron chi connectivity index (χ2n) is 4.07. The van der Waals surface area contributed by atoms with Crippen LogP contribution in [0, 0.1) is 5.82 Å². The van der Waals surface area contributed by atoms with Gasteiger partial charge >= 0.3 is 0 Å². The molecule has 1 aromatic carbocycles. The van der Waals surface area contributed by atoms with E-state index in [0.717, 1.165) is 0 Å². The van der Waals surface area contributed by atoms with Gasteiger partial charge in [0.25, 0.3) is 5.89 Å². The fraction of sp³-hybridized carbons (Fsp3) is 0.0769. The van der Waals surface area contributed by atoms with E-state index in [1.165, 1.54) is 18.5 Å². The molecule has 0 aliphatic heterocycles.